The van der Waals surface area contributed by atoms with E-state index in [1.54, 1.807) is 6.07 Å². The minimum atomic E-state index is 0.0312. The number of hydrogen-bond donors (Lipinski definition) is 1. The molecule has 0 spiro atoms. The number of rotatable bonds is 4. The van der Waals surface area contributed by atoms with Crippen molar-refractivity contribution in [1.82, 2.24) is 4.90 Å². The third-order valence-electron chi connectivity index (χ3n) is 3.98. The minimum Gasteiger partial charge on any atom is -0.481 e. The van der Waals surface area contributed by atoms with Crippen LogP contribution in [0.4, 0.5) is 11.4 Å². The minimum absolute atomic E-state index is 0.0312. The standard InChI is InChI=1S/C15H21N3O2/c16-12-4-5-13-14(10-12)20-11-15(19)18(13)9-3-8-17-6-1-2-7-17/h4-5,10H,1-3,6-9,11,16H2. The van der Waals surface area contributed by atoms with Crippen LogP contribution < -0.4 is 15.4 Å². The van der Waals surface area contributed by atoms with E-state index in [9.17, 15) is 4.79 Å². The predicted molar refractivity (Wildman–Crippen MR) is 79.0 cm³/mol. The van der Waals surface area contributed by atoms with Gasteiger partial charge in [-0.25, -0.2) is 0 Å². The Morgan fingerprint density at radius 3 is 2.80 bits per heavy atom. The summed E-state index contributed by atoms with van der Waals surface area (Å²) in [4.78, 5) is 16.3. The molecule has 0 unspecified atom stereocenters. The Kier molecular flexibility index (Phi) is 3.78. The summed E-state index contributed by atoms with van der Waals surface area (Å²) in [6.45, 7) is 4.32. The highest BCUT2D eigenvalue weighted by atomic mass is 16.5. The average Bonchev–Trinajstić information content (AvgIpc) is 2.94. The number of likely N-dealkylation sites (tertiary alicyclic amines) is 1. The van der Waals surface area contributed by atoms with Crippen LogP contribution >= 0.6 is 0 Å². The van der Waals surface area contributed by atoms with Crippen molar-refractivity contribution >= 4 is 17.3 Å². The van der Waals surface area contributed by atoms with Crippen LogP contribution in [-0.2, 0) is 4.79 Å². The van der Waals surface area contributed by atoms with Crippen molar-refractivity contribution in [3.05, 3.63) is 18.2 Å². The molecule has 0 radical (unpaired) electrons. The molecule has 1 aromatic carbocycles. The highest BCUT2D eigenvalue weighted by Gasteiger charge is 2.25. The van der Waals surface area contributed by atoms with Gasteiger partial charge in [0.1, 0.15) is 5.75 Å². The fourth-order valence-electron chi connectivity index (χ4n) is 2.92. The lowest BCUT2D eigenvalue weighted by molar-refractivity contribution is -0.121. The lowest BCUT2D eigenvalue weighted by Crippen LogP contribution is -2.40. The van der Waals surface area contributed by atoms with E-state index in [-0.39, 0.29) is 12.5 Å². The molecule has 0 aromatic heterocycles. The highest BCUT2D eigenvalue weighted by molar-refractivity contribution is 5.98. The number of nitrogens with zero attached hydrogens (tertiary/aromatic N) is 2. The van der Waals surface area contributed by atoms with Crippen LogP contribution in [0.2, 0.25) is 0 Å². The second-order valence-corrected chi connectivity index (χ2v) is 5.46. The first-order valence-electron chi connectivity index (χ1n) is 7.29. The number of carbonyl (C=O) groups excluding carboxylic acids is 1. The fourth-order valence-corrected chi connectivity index (χ4v) is 2.92. The lowest BCUT2D eigenvalue weighted by Gasteiger charge is -2.30. The zero-order valence-corrected chi connectivity index (χ0v) is 11.7. The van der Waals surface area contributed by atoms with E-state index >= 15 is 0 Å². The first kappa shape index (κ1) is 13.2. The number of nitrogen functional groups attached to an aromatic ring is 1. The molecule has 2 aliphatic heterocycles. The number of amides is 1. The normalized spacial score (nSPS) is 19.0. The van der Waals surface area contributed by atoms with Crippen LogP contribution in [0.25, 0.3) is 0 Å². The van der Waals surface area contributed by atoms with E-state index in [4.69, 9.17) is 10.5 Å². The molecule has 2 N–H and O–H groups in total. The number of fused-ring (bicyclic) bond motifs is 1. The summed E-state index contributed by atoms with van der Waals surface area (Å²) in [5, 5.41) is 0. The summed E-state index contributed by atoms with van der Waals surface area (Å²) in [5.41, 5.74) is 7.26. The van der Waals surface area contributed by atoms with E-state index in [0.29, 0.717) is 11.4 Å². The van der Waals surface area contributed by atoms with Gasteiger partial charge in [-0.15, -0.1) is 0 Å². The lowest BCUT2D eigenvalue weighted by atomic mass is 10.2. The van der Waals surface area contributed by atoms with Gasteiger partial charge in [0.25, 0.3) is 5.91 Å². The van der Waals surface area contributed by atoms with Gasteiger partial charge in [0.15, 0.2) is 6.61 Å². The maximum atomic E-state index is 12.0. The van der Waals surface area contributed by atoms with Crippen LogP contribution in [0.5, 0.6) is 5.75 Å². The molecule has 0 aliphatic carbocycles. The molecule has 0 bridgehead atoms. The van der Waals surface area contributed by atoms with Crippen LogP contribution in [0.15, 0.2) is 18.2 Å². The SMILES string of the molecule is Nc1ccc2c(c1)OCC(=O)N2CCCN1CCCC1. The zero-order chi connectivity index (χ0) is 13.9. The van der Waals surface area contributed by atoms with E-state index in [1.165, 1.54) is 25.9 Å². The largest absolute Gasteiger partial charge is 0.481 e. The molecule has 1 amide bonds. The Morgan fingerprint density at radius 1 is 1.20 bits per heavy atom. The summed E-state index contributed by atoms with van der Waals surface area (Å²) in [6.07, 6.45) is 3.60. The van der Waals surface area contributed by atoms with Crippen molar-refractivity contribution in [1.29, 1.82) is 0 Å². The highest BCUT2D eigenvalue weighted by Crippen LogP contribution is 2.33. The third-order valence-corrected chi connectivity index (χ3v) is 3.98. The van der Waals surface area contributed by atoms with Crippen LogP contribution in [0, 0.1) is 0 Å². The molecule has 3 rings (SSSR count). The number of benzene rings is 1. The Balaban J connectivity index is 1.64. The fraction of sp³-hybridized carbons (Fsp3) is 0.533. The molecule has 1 fully saturated rings. The molecule has 1 saturated heterocycles. The second-order valence-electron chi connectivity index (χ2n) is 5.46. The van der Waals surface area contributed by atoms with E-state index in [2.05, 4.69) is 4.90 Å². The van der Waals surface area contributed by atoms with E-state index in [0.717, 1.165) is 25.2 Å². The molecule has 5 nitrogen and oxygen atoms in total. The Morgan fingerprint density at radius 2 is 2.00 bits per heavy atom. The van der Waals surface area contributed by atoms with Crippen molar-refractivity contribution in [2.45, 2.75) is 19.3 Å². The zero-order valence-electron chi connectivity index (χ0n) is 11.7. The molecule has 0 saturated carbocycles. The van der Waals surface area contributed by atoms with Gasteiger partial charge in [-0.1, -0.05) is 0 Å². The number of hydrogen-bond acceptors (Lipinski definition) is 4. The van der Waals surface area contributed by atoms with Crippen molar-refractivity contribution in [2.24, 2.45) is 0 Å². The number of carbonyl (C=O) groups is 1. The Labute approximate surface area is 119 Å². The van der Waals surface area contributed by atoms with Crippen molar-refractivity contribution < 1.29 is 9.53 Å². The maximum absolute atomic E-state index is 12.0. The summed E-state index contributed by atoms with van der Waals surface area (Å²) in [7, 11) is 0. The molecule has 1 aromatic rings. The predicted octanol–water partition coefficient (Wildman–Crippen LogP) is 1.48. The van der Waals surface area contributed by atoms with Crippen molar-refractivity contribution in [2.75, 3.05) is 43.4 Å². The van der Waals surface area contributed by atoms with Crippen LogP contribution in [0.1, 0.15) is 19.3 Å². The summed E-state index contributed by atoms with van der Waals surface area (Å²) in [5.74, 6) is 0.745. The average molecular weight is 275 g/mol. The first-order chi connectivity index (χ1) is 9.74. The second kappa shape index (κ2) is 5.71. The van der Waals surface area contributed by atoms with Crippen molar-refractivity contribution in [3.63, 3.8) is 0 Å². The van der Waals surface area contributed by atoms with Gasteiger partial charge in [-0.3, -0.25) is 4.79 Å². The van der Waals surface area contributed by atoms with Gasteiger partial charge in [0.05, 0.1) is 5.69 Å². The molecule has 0 atom stereocenters. The molecular formula is C15H21N3O2. The maximum Gasteiger partial charge on any atom is 0.265 e. The van der Waals surface area contributed by atoms with Gasteiger partial charge in [-0.2, -0.15) is 0 Å². The van der Waals surface area contributed by atoms with Gasteiger partial charge in [0.2, 0.25) is 0 Å². The molecule has 20 heavy (non-hydrogen) atoms. The number of ether oxygens (including phenoxy) is 1. The van der Waals surface area contributed by atoms with Crippen LogP contribution in [0.3, 0.4) is 0 Å². The molecule has 2 aliphatic rings. The number of nitrogens with two attached hydrogens (primary N) is 1. The molecule has 108 valence electrons. The quantitative estimate of drug-likeness (QED) is 0.846. The van der Waals surface area contributed by atoms with Crippen LogP contribution in [-0.4, -0.2) is 43.6 Å². The summed E-state index contributed by atoms with van der Waals surface area (Å²) < 4.78 is 5.44. The summed E-state index contributed by atoms with van der Waals surface area (Å²) >= 11 is 0. The number of anilines is 2. The molecule has 5 heteroatoms. The topological polar surface area (TPSA) is 58.8 Å². The van der Waals surface area contributed by atoms with Gasteiger partial charge in [0, 0.05) is 18.3 Å². The Bertz CT molecular complexity index is 498. The van der Waals surface area contributed by atoms with Gasteiger partial charge in [-0.05, 0) is 51.0 Å². The van der Waals surface area contributed by atoms with E-state index < -0.39 is 0 Å². The molecule has 2 heterocycles. The Hall–Kier alpha value is -1.75. The molecular weight excluding hydrogens is 254 g/mol. The third kappa shape index (κ3) is 2.72. The van der Waals surface area contributed by atoms with Gasteiger partial charge >= 0.3 is 0 Å². The summed E-state index contributed by atoms with van der Waals surface area (Å²) in [6, 6.07) is 5.47. The van der Waals surface area contributed by atoms with Gasteiger partial charge < -0.3 is 20.3 Å². The smallest absolute Gasteiger partial charge is 0.265 e. The van der Waals surface area contributed by atoms with E-state index in [1.807, 2.05) is 17.0 Å². The van der Waals surface area contributed by atoms with Crippen molar-refractivity contribution in [3.8, 4) is 5.75 Å². The monoisotopic (exact) mass is 275 g/mol. The first-order valence-corrected chi connectivity index (χ1v) is 7.29.